The third-order valence-corrected chi connectivity index (χ3v) is 4.02. The number of amides is 1. The number of aromatic nitrogens is 2. The molecule has 6 nitrogen and oxygen atoms in total. The minimum atomic E-state index is -0.276. The second-order valence-electron chi connectivity index (χ2n) is 6.23. The van der Waals surface area contributed by atoms with Gasteiger partial charge in [-0.25, -0.2) is 0 Å². The van der Waals surface area contributed by atoms with E-state index in [0.717, 1.165) is 6.42 Å². The molecule has 0 saturated heterocycles. The summed E-state index contributed by atoms with van der Waals surface area (Å²) in [6.45, 7) is 4.66. The zero-order valence-corrected chi connectivity index (χ0v) is 15.6. The molecular weight excluding hydrogens is 340 g/mol. The van der Waals surface area contributed by atoms with Gasteiger partial charge in [-0.15, -0.1) is 12.4 Å². The van der Waals surface area contributed by atoms with Crippen LogP contribution >= 0.6 is 12.4 Å². The first kappa shape index (κ1) is 20.9. The average Bonchev–Trinajstić information content (AvgIpc) is 2.59. The number of carbonyl (C=O) groups excluding carboxylic acids is 1. The van der Waals surface area contributed by atoms with E-state index in [1.807, 2.05) is 18.2 Å². The molecule has 25 heavy (non-hydrogen) atoms. The largest absolute Gasteiger partial charge is 0.340 e. The van der Waals surface area contributed by atoms with E-state index in [9.17, 15) is 9.59 Å². The quantitative estimate of drug-likeness (QED) is 0.851. The monoisotopic (exact) mass is 364 g/mol. The SMILES string of the molecule is CC(C)C(N)CCN(C)C(=O)c1ccc(=O)n(-c2ccccc2)n1.Cl. The summed E-state index contributed by atoms with van der Waals surface area (Å²) in [5, 5.41) is 4.21. The number of hydrogen-bond acceptors (Lipinski definition) is 4. The molecule has 0 aliphatic rings. The lowest BCUT2D eigenvalue weighted by Gasteiger charge is -2.21. The molecule has 2 N–H and O–H groups in total. The van der Waals surface area contributed by atoms with E-state index in [0.29, 0.717) is 18.2 Å². The van der Waals surface area contributed by atoms with Crippen LogP contribution in [0.4, 0.5) is 0 Å². The van der Waals surface area contributed by atoms with Gasteiger partial charge in [0.15, 0.2) is 0 Å². The summed E-state index contributed by atoms with van der Waals surface area (Å²) < 4.78 is 1.24. The van der Waals surface area contributed by atoms with Crippen LogP contribution in [0.15, 0.2) is 47.3 Å². The van der Waals surface area contributed by atoms with Gasteiger partial charge in [-0.1, -0.05) is 32.0 Å². The van der Waals surface area contributed by atoms with Crippen molar-refractivity contribution in [3.05, 3.63) is 58.5 Å². The van der Waals surface area contributed by atoms with Crippen LogP contribution < -0.4 is 11.3 Å². The first-order chi connectivity index (χ1) is 11.4. The highest BCUT2D eigenvalue weighted by atomic mass is 35.5. The smallest absolute Gasteiger partial charge is 0.274 e. The normalized spacial score (nSPS) is 11.7. The van der Waals surface area contributed by atoms with E-state index in [4.69, 9.17) is 5.73 Å². The molecule has 1 aromatic heterocycles. The van der Waals surface area contributed by atoms with Gasteiger partial charge in [0.1, 0.15) is 5.69 Å². The minimum Gasteiger partial charge on any atom is -0.340 e. The van der Waals surface area contributed by atoms with Crippen molar-refractivity contribution in [3.63, 3.8) is 0 Å². The first-order valence-corrected chi connectivity index (χ1v) is 8.07. The zero-order chi connectivity index (χ0) is 17.7. The summed E-state index contributed by atoms with van der Waals surface area (Å²) in [5.41, 5.74) is 6.61. The predicted octanol–water partition coefficient (Wildman–Crippen LogP) is 2.10. The summed E-state index contributed by atoms with van der Waals surface area (Å²) >= 11 is 0. The van der Waals surface area contributed by atoms with E-state index in [1.165, 1.54) is 16.8 Å². The van der Waals surface area contributed by atoms with Crippen molar-refractivity contribution in [3.8, 4) is 5.69 Å². The molecule has 0 aliphatic carbocycles. The Kier molecular flexibility index (Phi) is 7.80. The number of carbonyl (C=O) groups is 1. The van der Waals surface area contributed by atoms with Crippen LogP contribution in [0.2, 0.25) is 0 Å². The summed E-state index contributed by atoms with van der Waals surface area (Å²) in [7, 11) is 1.72. The van der Waals surface area contributed by atoms with E-state index in [-0.39, 0.29) is 35.6 Å². The van der Waals surface area contributed by atoms with E-state index < -0.39 is 0 Å². The molecule has 0 spiro atoms. The Morgan fingerprint density at radius 2 is 1.84 bits per heavy atom. The standard InChI is InChI=1S/C18H24N4O2.ClH/c1-13(2)15(19)11-12-21(3)18(24)16-9-10-17(23)22(20-16)14-7-5-4-6-8-14;/h4-10,13,15H,11-12,19H2,1-3H3;1H. The Hall–Kier alpha value is -2.18. The Bertz CT molecular complexity index is 746. The summed E-state index contributed by atoms with van der Waals surface area (Å²) in [6, 6.07) is 11.9. The molecule has 2 rings (SSSR count). The fraction of sp³-hybridized carbons (Fsp3) is 0.389. The molecule has 1 unspecified atom stereocenters. The molecule has 136 valence electrons. The van der Waals surface area contributed by atoms with Gasteiger partial charge in [0.2, 0.25) is 0 Å². The number of halogens is 1. The summed E-state index contributed by atoms with van der Waals surface area (Å²) in [5.74, 6) is 0.141. The molecule has 2 aromatic rings. The maximum atomic E-state index is 12.5. The molecule has 0 bridgehead atoms. The highest BCUT2D eigenvalue weighted by molar-refractivity contribution is 5.91. The van der Waals surface area contributed by atoms with Crippen LogP contribution in [0, 0.1) is 5.92 Å². The fourth-order valence-corrected chi connectivity index (χ4v) is 2.25. The van der Waals surface area contributed by atoms with Gasteiger partial charge in [0, 0.05) is 25.7 Å². The average molecular weight is 365 g/mol. The van der Waals surface area contributed by atoms with Crippen molar-refractivity contribution >= 4 is 18.3 Å². The van der Waals surface area contributed by atoms with Crippen LogP contribution in [0.1, 0.15) is 30.8 Å². The minimum absolute atomic E-state index is 0. The van der Waals surface area contributed by atoms with E-state index >= 15 is 0 Å². The number of rotatable bonds is 6. The maximum Gasteiger partial charge on any atom is 0.274 e. The first-order valence-electron chi connectivity index (χ1n) is 8.07. The number of hydrogen-bond donors (Lipinski definition) is 1. The van der Waals surface area contributed by atoms with Gasteiger partial charge in [0.05, 0.1) is 5.69 Å². The lowest BCUT2D eigenvalue weighted by atomic mass is 10.0. The summed E-state index contributed by atoms with van der Waals surface area (Å²) in [4.78, 5) is 26.1. The van der Waals surface area contributed by atoms with Crippen LogP contribution in [-0.4, -0.2) is 40.2 Å². The highest BCUT2D eigenvalue weighted by Crippen LogP contribution is 2.07. The van der Waals surface area contributed by atoms with E-state index in [2.05, 4.69) is 18.9 Å². The van der Waals surface area contributed by atoms with Crippen molar-refractivity contribution in [1.29, 1.82) is 0 Å². The van der Waals surface area contributed by atoms with Crippen molar-refractivity contribution in [2.75, 3.05) is 13.6 Å². The van der Waals surface area contributed by atoms with Gasteiger partial charge in [-0.05, 0) is 30.5 Å². The highest BCUT2D eigenvalue weighted by Gasteiger charge is 2.17. The maximum absolute atomic E-state index is 12.5. The molecule has 0 fully saturated rings. The third kappa shape index (κ3) is 5.41. The summed E-state index contributed by atoms with van der Waals surface area (Å²) in [6.07, 6.45) is 0.720. The Morgan fingerprint density at radius 3 is 2.44 bits per heavy atom. The predicted molar refractivity (Wildman–Crippen MR) is 101 cm³/mol. The lowest BCUT2D eigenvalue weighted by Crippen LogP contribution is -2.35. The van der Waals surface area contributed by atoms with Crippen LogP contribution in [-0.2, 0) is 0 Å². The van der Waals surface area contributed by atoms with Crippen LogP contribution in [0.3, 0.4) is 0 Å². The zero-order valence-electron chi connectivity index (χ0n) is 14.8. The molecule has 1 atom stereocenters. The van der Waals surface area contributed by atoms with Gasteiger partial charge in [0.25, 0.3) is 11.5 Å². The van der Waals surface area contributed by atoms with Crippen LogP contribution in [0.25, 0.3) is 5.69 Å². The third-order valence-electron chi connectivity index (χ3n) is 4.02. The topological polar surface area (TPSA) is 81.2 Å². The fourth-order valence-electron chi connectivity index (χ4n) is 2.25. The van der Waals surface area contributed by atoms with Gasteiger partial charge in [-0.3, -0.25) is 9.59 Å². The molecule has 1 amide bonds. The molecule has 7 heteroatoms. The van der Waals surface area contributed by atoms with Crippen LogP contribution in [0.5, 0.6) is 0 Å². The van der Waals surface area contributed by atoms with E-state index in [1.54, 1.807) is 24.1 Å². The molecule has 0 saturated carbocycles. The van der Waals surface area contributed by atoms with Crippen molar-refractivity contribution in [1.82, 2.24) is 14.7 Å². The number of nitrogens with zero attached hydrogens (tertiary/aromatic N) is 3. The van der Waals surface area contributed by atoms with Gasteiger partial charge < -0.3 is 10.6 Å². The number of nitrogens with two attached hydrogens (primary N) is 1. The Morgan fingerprint density at radius 1 is 1.20 bits per heavy atom. The van der Waals surface area contributed by atoms with Crippen molar-refractivity contribution < 1.29 is 4.79 Å². The molecule has 0 aliphatic heterocycles. The van der Waals surface area contributed by atoms with Gasteiger partial charge in [-0.2, -0.15) is 9.78 Å². The van der Waals surface area contributed by atoms with Crippen molar-refractivity contribution in [2.24, 2.45) is 11.7 Å². The molecule has 0 radical (unpaired) electrons. The lowest BCUT2D eigenvalue weighted by molar-refractivity contribution is 0.0781. The Labute approximate surface area is 154 Å². The number of benzene rings is 1. The molecular formula is C18H25ClN4O2. The second-order valence-corrected chi connectivity index (χ2v) is 6.23. The Balaban J connectivity index is 0.00000312. The molecule has 1 aromatic carbocycles. The second kappa shape index (κ2) is 9.34. The van der Waals surface area contributed by atoms with Crippen molar-refractivity contribution in [2.45, 2.75) is 26.3 Å². The molecule has 1 heterocycles. The number of para-hydroxylation sites is 1. The van der Waals surface area contributed by atoms with Gasteiger partial charge >= 0.3 is 0 Å².